The van der Waals surface area contributed by atoms with E-state index in [1.165, 1.54) is 12.2 Å². The number of primary amides is 1. The zero-order valence-corrected chi connectivity index (χ0v) is 29.8. The second kappa shape index (κ2) is 24.5. The Labute approximate surface area is 298 Å². The highest BCUT2D eigenvalue weighted by molar-refractivity contribution is 6.17. The van der Waals surface area contributed by atoms with E-state index in [0.717, 1.165) is 10.5 Å². The maximum absolute atomic E-state index is 13.3. The molecule has 1 aromatic rings. The minimum Gasteiger partial charge on any atom is -0.379 e. The van der Waals surface area contributed by atoms with Crippen molar-refractivity contribution in [2.24, 2.45) is 17.6 Å². The van der Waals surface area contributed by atoms with Gasteiger partial charge in [0.25, 0.3) is 11.8 Å². The van der Waals surface area contributed by atoms with Crippen molar-refractivity contribution >= 4 is 52.6 Å². The fourth-order valence-corrected chi connectivity index (χ4v) is 5.01. The second-order valence-corrected chi connectivity index (χ2v) is 12.3. The molecule has 2 atom stereocenters. The number of benzene rings is 1. The SMILES string of the molecule is CC(C)[C@H](CC(=O)CCOCCOCCOCCOCCN1C(=O)C=CC1=O)C(=O)N[C@@H](CCCCC(N)=O)C(=O)Nc1ccc(CCl)cc1. The second-order valence-electron chi connectivity index (χ2n) is 12.0. The molecule has 1 aliphatic heterocycles. The molecule has 14 nitrogen and oxygen atoms in total. The van der Waals surface area contributed by atoms with Gasteiger partial charge in [0, 0.05) is 48.9 Å². The molecule has 0 saturated carbocycles. The standard InChI is InChI=1S/C35H51ClN4O10/c1-25(2)29(34(45)39-30(5-3-4-6-31(37)42)35(46)38-27-9-7-26(24-36)8-10-27)23-28(41)13-15-47-17-19-49-21-22-50-20-18-48-16-14-40-32(43)11-12-33(40)44/h7-12,25,29-30H,3-6,13-24H2,1-2H3,(H2,37,42)(H,38,46)(H,39,45)/t29-,30-/m0/s1. The number of halogens is 1. The summed E-state index contributed by atoms with van der Waals surface area (Å²) in [6, 6.07) is 6.18. The molecule has 0 fully saturated rings. The molecule has 0 aliphatic carbocycles. The minimum atomic E-state index is -0.870. The number of nitrogens with one attached hydrogen (secondary N) is 2. The van der Waals surface area contributed by atoms with Gasteiger partial charge in [0.1, 0.15) is 11.8 Å². The number of unbranched alkanes of at least 4 members (excludes halogenated alkanes) is 1. The van der Waals surface area contributed by atoms with Gasteiger partial charge in [-0.15, -0.1) is 11.6 Å². The van der Waals surface area contributed by atoms with E-state index in [4.69, 9.17) is 36.3 Å². The van der Waals surface area contributed by atoms with Gasteiger partial charge in [-0.2, -0.15) is 0 Å². The van der Waals surface area contributed by atoms with Gasteiger partial charge in [0.2, 0.25) is 17.7 Å². The van der Waals surface area contributed by atoms with E-state index >= 15 is 0 Å². The fourth-order valence-electron chi connectivity index (χ4n) is 4.84. The van der Waals surface area contributed by atoms with E-state index in [0.29, 0.717) is 63.9 Å². The van der Waals surface area contributed by atoms with Gasteiger partial charge in [-0.25, -0.2) is 0 Å². The summed E-state index contributed by atoms with van der Waals surface area (Å²) in [7, 11) is 0. The molecule has 0 spiro atoms. The van der Waals surface area contributed by atoms with E-state index < -0.39 is 29.7 Å². The summed E-state index contributed by atoms with van der Waals surface area (Å²) in [6.07, 6.45) is 4.05. The number of hydrogen-bond donors (Lipinski definition) is 3. The lowest BCUT2D eigenvalue weighted by Gasteiger charge is -2.24. The van der Waals surface area contributed by atoms with E-state index in [-0.39, 0.29) is 69.1 Å². The zero-order valence-electron chi connectivity index (χ0n) is 29.0. The minimum absolute atomic E-state index is 0.00598. The lowest BCUT2D eigenvalue weighted by molar-refractivity contribution is -0.137. The van der Waals surface area contributed by atoms with Crippen molar-refractivity contribution in [3.05, 3.63) is 42.0 Å². The topological polar surface area (TPSA) is 193 Å². The molecule has 50 heavy (non-hydrogen) atoms. The Balaban J connectivity index is 1.64. The van der Waals surface area contributed by atoms with E-state index in [2.05, 4.69) is 10.6 Å². The first-order valence-corrected chi connectivity index (χ1v) is 17.5. The molecule has 0 saturated heterocycles. The number of ether oxygens (including phenoxy) is 4. The van der Waals surface area contributed by atoms with Gasteiger partial charge in [-0.05, 0) is 36.5 Å². The van der Waals surface area contributed by atoms with Gasteiger partial charge in [0.15, 0.2) is 0 Å². The summed E-state index contributed by atoms with van der Waals surface area (Å²) < 4.78 is 21.8. The van der Waals surface area contributed by atoms with Crippen molar-refractivity contribution in [2.75, 3.05) is 64.7 Å². The van der Waals surface area contributed by atoms with Crippen LogP contribution < -0.4 is 16.4 Å². The monoisotopic (exact) mass is 722 g/mol. The molecule has 0 bridgehead atoms. The summed E-state index contributed by atoms with van der Waals surface area (Å²) in [5.41, 5.74) is 6.70. The molecule has 1 heterocycles. The highest BCUT2D eigenvalue weighted by atomic mass is 35.5. The molecule has 4 N–H and O–H groups in total. The highest BCUT2D eigenvalue weighted by Crippen LogP contribution is 2.19. The average molecular weight is 723 g/mol. The molecule has 0 unspecified atom stereocenters. The van der Waals surface area contributed by atoms with Crippen LogP contribution in [0.3, 0.4) is 0 Å². The number of rotatable bonds is 28. The first-order chi connectivity index (χ1) is 24.0. The normalized spacial score (nSPS) is 13.9. The average Bonchev–Trinajstić information content (AvgIpc) is 3.40. The molecule has 15 heteroatoms. The third-order valence-electron chi connectivity index (χ3n) is 7.76. The molecule has 278 valence electrons. The van der Waals surface area contributed by atoms with Crippen LogP contribution in [0.5, 0.6) is 0 Å². The van der Waals surface area contributed by atoms with E-state index in [9.17, 15) is 28.8 Å². The lowest BCUT2D eigenvalue weighted by atomic mass is 9.88. The number of Topliss-reactive ketones (excluding diaryl/α,β-unsaturated/α-hetero) is 1. The Hall–Kier alpha value is -3.69. The number of amides is 5. The Morgan fingerprint density at radius 3 is 1.88 bits per heavy atom. The van der Waals surface area contributed by atoms with Gasteiger partial charge in [-0.1, -0.05) is 32.4 Å². The summed E-state index contributed by atoms with van der Waals surface area (Å²) in [6.45, 7) is 6.27. The largest absolute Gasteiger partial charge is 0.379 e. The quantitative estimate of drug-likeness (QED) is 0.0658. The van der Waals surface area contributed by atoms with Crippen LogP contribution >= 0.6 is 11.6 Å². The number of carbonyl (C=O) groups excluding carboxylic acids is 6. The van der Waals surface area contributed by atoms with Crippen LogP contribution in [-0.4, -0.2) is 106 Å². The lowest BCUT2D eigenvalue weighted by Crippen LogP contribution is -2.47. The van der Waals surface area contributed by atoms with Gasteiger partial charge in [0.05, 0.1) is 59.4 Å². The Morgan fingerprint density at radius 2 is 1.34 bits per heavy atom. The molecule has 2 rings (SSSR count). The van der Waals surface area contributed by atoms with Crippen LogP contribution in [0.25, 0.3) is 0 Å². The number of ketones is 1. The smallest absolute Gasteiger partial charge is 0.253 e. The predicted molar refractivity (Wildman–Crippen MR) is 186 cm³/mol. The maximum Gasteiger partial charge on any atom is 0.253 e. The highest BCUT2D eigenvalue weighted by Gasteiger charge is 2.29. The molecule has 1 aromatic carbocycles. The van der Waals surface area contributed by atoms with Gasteiger partial charge < -0.3 is 35.3 Å². The first-order valence-electron chi connectivity index (χ1n) is 16.9. The van der Waals surface area contributed by atoms with Crippen LogP contribution in [0, 0.1) is 11.8 Å². The van der Waals surface area contributed by atoms with E-state index in [1.54, 1.807) is 24.3 Å². The maximum atomic E-state index is 13.3. The summed E-state index contributed by atoms with van der Waals surface area (Å²) in [5, 5.41) is 5.66. The first kappa shape index (κ1) is 42.5. The summed E-state index contributed by atoms with van der Waals surface area (Å²) in [4.78, 5) is 74.5. The van der Waals surface area contributed by atoms with Crippen molar-refractivity contribution in [3.8, 4) is 0 Å². The number of hydrogen-bond acceptors (Lipinski definition) is 10. The Kier molecular flexibility index (Phi) is 20.8. The van der Waals surface area contributed by atoms with Crippen LogP contribution in [0.15, 0.2) is 36.4 Å². The third kappa shape index (κ3) is 17.3. The van der Waals surface area contributed by atoms with Crippen molar-refractivity contribution in [3.63, 3.8) is 0 Å². The zero-order chi connectivity index (χ0) is 36.7. The molecule has 5 amide bonds. The molecule has 1 aliphatic rings. The number of alkyl halides is 1. The van der Waals surface area contributed by atoms with Crippen molar-refractivity contribution in [1.82, 2.24) is 10.2 Å². The van der Waals surface area contributed by atoms with Crippen LogP contribution in [0.2, 0.25) is 0 Å². The van der Waals surface area contributed by atoms with Crippen molar-refractivity contribution in [1.29, 1.82) is 0 Å². The van der Waals surface area contributed by atoms with Crippen LogP contribution in [0.1, 0.15) is 57.9 Å². The van der Waals surface area contributed by atoms with Crippen molar-refractivity contribution in [2.45, 2.75) is 64.3 Å². The number of nitrogens with two attached hydrogens (primary N) is 1. The number of carbonyl (C=O) groups is 6. The van der Waals surface area contributed by atoms with E-state index in [1.807, 2.05) is 13.8 Å². The van der Waals surface area contributed by atoms with Gasteiger partial charge in [-0.3, -0.25) is 33.7 Å². The fraction of sp³-hybridized carbons (Fsp3) is 0.600. The summed E-state index contributed by atoms with van der Waals surface area (Å²) in [5.74, 6) is -2.50. The molecular weight excluding hydrogens is 672 g/mol. The molecule has 0 aromatic heterocycles. The Bertz CT molecular complexity index is 1260. The number of nitrogens with zero attached hydrogens (tertiary/aromatic N) is 1. The van der Waals surface area contributed by atoms with Gasteiger partial charge >= 0.3 is 0 Å². The molecule has 0 radical (unpaired) electrons. The predicted octanol–water partition coefficient (Wildman–Crippen LogP) is 2.51. The number of anilines is 1. The number of imide groups is 1. The Morgan fingerprint density at radius 1 is 0.780 bits per heavy atom. The van der Waals surface area contributed by atoms with Crippen LogP contribution in [0.4, 0.5) is 5.69 Å². The van der Waals surface area contributed by atoms with Crippen molar-refractivity contribution < 1.29 is 47.7 Å². The summed E-state index contributed by atoms with van der Waals surface area (Å²) >= 11 is 5.85. The molecular formula is C35H51ClN4O10. The van der Waals surface area contributed by atoms with Crippen LogP contribution in [-0.2, 0) is 53.6 Å². The third-order valence-corrected chi connectivity index (χ3v) is 8.07.